The van der Waals surface area contributed by atoms with Crippen LogP contribution in [-0.2, 0) is 14.5 Å². The van der Waals surface area contributed by atoms with Crippen molar-refractivity contribution in [2.75, 3.05) is 24.9 Å². The van der Waals surface area contributed by atoms with Crippen LogP contribution in [0.3, 0.4) is 0 Å². The molecule has 0 spiro atoms. The van der Waals surface area contributed by atoms with Gasteiger partial charge in [-0.25, -0.2) is 10.1 Å². The second kappa shape index (κ2) is 14.3. The molecule has 0 aliphatic heterocycles. The maximum Gasteiger partial charge on any atom is 0.323 e. The van der Waals surface area contributed by atoms with E-state index in [2.05, 4.69) is 35.4 Å². The molecule has 4 rings (SSSR count). The summed E-state index contributed by atoms with van der Waals surface area (Å²) in [4.78, 5) is 13.1. The smallest absolute Gasteiger partial charge is 0.323 e. The Bertz CT molecular complexity index is 1780. The van der Waals surface area contributed by atoms with E-state index in [1.165, 1.54) is 44.6 Å². The molecule has 0 saturated carbocycles. The summed E-state index contributed by atoms with van der Waals surface area (Å²) in [6.07, 6.45) is 0. The van der Waals surface area contributed by atoms with Gasteiger partial charge in [0.25, 0.3) is 10.1 Å². The lowest BCUT2D eigenvalue weighted by Gasteiger charge is -2.13. The van der Waals surface area contributed by atoms with Gasteiger partial charge in [-0.3, -0.25) is 4.55 Å². The summed E-state index contributed by atoms with van der Waals surface area (Å²) in [5.74, 6) is 0.624. The number of anilines is 2. The number of hydrogen-bond donors (Lipinski definition) is 4. The maximum atomic E-state index is 12.8. The van der Waals surface area contributed by atoms with Gasteiger partial charge in [0.1, 0.15) is 11.5 Å². The average molecular weight is 625 g/mol. The molecule has 16 heteroatoms. The largest absolute Gasteiger partial charge is 0.494 e. The number of urea groups is 1. The van der Waals surface area contributed by atoms with Crippen molar-refractivity contribution in [1.29, 1.82) is 0 Å². The van der Waals surface area contributed by atoms with Crippen LogP contribution in [0.2, 0.25) is 0 Å². The van der Waals surface area contributed by atoms with Gasteiger partial charge in [-0.15, -0.1) is 0 Å². The molecule has 0 heterocycles. The monoisotopic (exact) mass is 624 g/mol. The van der Waals surface area contributed by atoms with Crippen LogP contribution < -0.4 is 20.1 Å². The molecule has 0 bridgehead atoms. The summed E-state index contributed by atoms with van der Waals surface area (Å²) < 4.78 is 46.7. The highest BCUT2D eigenvalue weighted by molar-refractivity contribution is 7.94. The topological polar surface area (TPSA) is 193 Å². The summed E-state index contributed by atoms with van der Waals surface area (Å²) >= 11 is 0.778. The number of hydrogen-bond acceptors (Lipinski definition) is 12. The van der Waals surface area contributed by atoms with E-state index in [1.807, 2.05) is 0 Å². The molecule has 4 aromatic carbocycles. The van der Waals surface area contributed by atoms with Gasteiger partial charge in [-0.1, -0.05) is 12.1 Å². The van der Waals surface area contributed by atoms with Crippen LogP contribution in [0.25, 0.3) is 0 Å². The second-order valence-corrected chi connectivity index (χ2v) is 10.6. The Balaban J connectivity index is 1.43. The van der Waals surface area contributed by atoms with Crippen LogP contribution in [0.15, 0.2) is 115 Å². The fourth-order valence-corrected chi connectivity index (χ4v) is 4.45. The zero-order valence-electron chi connectivity index (χ0n) is 22.5. The van der Waals surface area contributed by atoms with Crippen molar-refractivity contribution < 1.29 is 36.8 Å². The SMILES string of the molecule is COc1cc(N=Nc2cccc(SOO)c2)ccc1NC(=O)Nc1ccc(N=Nc2cccc(S(=O)(=O)O)c2)cc1OC. The number of carbonyl (C=O) groups is 1. The molecule has 0 fully saturated rings. The highest BCUT2D eigenvalue weighted by Gasteiger charge is 2.13. The van der Waals surface area contributed by atoms with Crippen molar-refractivity contribution >= 4 is 62.3 Å². The fraction of sp³-hybridized carbons (Fsp3) is 0.0741. The summed E-state index contributed by atoms with van der Waals surface area (Å²) in [7, 11) is -1.51. The molecule has 43 heavy (non-hydrogen) atoms. The third-order valence-electron chi connectivity index (χ3n) is 5.50. The maximum absolute atomic E-state index is 12.8. The Morgan fingerprint density at radius 1 is 0.721 bits per heavy atom. The second-order valence-electron chi connectivity index (χ2n) is 8.38. The van der Waals surface area contributed by atoms with Crippen LogP contribution >= 0.6 is 12.0 Å². The van der Waals surface area contributed by atoms with Gasteiger partial charge in [0.05, 0.1) is 65.3 Å². The molecule has 0 aromatic heterocycles. The first kappa shape index (κ1) is 31.1. The van der Waals surface area contributed by atoms with Crippen molar-refractivity contribution in [3.05, 3.63) is 84.9 Å². The number of amides is 2. The molecular weight excluding hydrogens is 600 g/mol. The molecule has 0 unspecified atom stereocenters. The van der Waals surface area contributed by atoms with E-state index in [0.29, 0.717) is 39.1 Å². The predicted molar refractivity (Wildman–Crippen MR) is 159 cm³/mol. The minimum Gasteiger partial charge on any atom is -0.494 e. The molecule has 4 N–H and O–H groups in total. The van der Waals surface area contributed by atoms with Gasteiger partial charge >= 0.3 is 6.03 Å². The Hall–Kier alpha value is -4.87. The molecule has 2 amide bonds. The molecule has 14 nitrogen and oxygen atoms in total. The number of carbonyl (C=O) groups excluding carboxylic acids is 1. The van der Waals surface area contributed by atoms with E-state index in [9.17, 15) is 17.8 Å². The number of nitrogens with zero attached hydrogens (tertiary/aromatic N) is 4. The Morgan fingerprint density at radius 3 is 1.70 bits per heavy atom. The van der Waals surface area contributed by atoms with Crippen LogP contribution in [0.1, 0.15) is 0 Å². The van der Waals surface area contributed by atoms with E-state index >= 15 is 0 Å². The van der Waals surface area contributed by atoms with Crippen LogP contribution in [0.5, 0.6) is 11.5 Å². The predicted octanol–water partition coefficient (Wildman–Crippen LogP) is 7.92. The van der Waals surface area contributed by atoms with Crippen molar-refractivity contribution in [1.82, 2.24) is 0 Å². The highest BCUT2D eigenvalue weighted by atomic mass is 32.2. The molecule has 0 aliphatic rings. The summed E-state index contributed by atoms with van der Waals surface area (Å²) in [5.41, 5.74) is 2.28. The van der Waals surface area contributed by atoms with E-state index in [0.717, 1.165) is 12.0 Å². The van der Waals surface area contributed by atoms with Crippen LogP contribution in [0, 0.1) is 0 Å². The molecule has 222 valence electrons. The highest BCUT2D eigenvalue weighted by Crippen LogP contribution is 2.33. The zero-order chi connectivity index (χ0) is 30.8. The molecule has 0 radical (unpaired) electrons. The Labute approximate surface area is 250 Å². The standard InChI is InChI=1S/C27H24N6O8S2/c1-39-25-15-19(32-30-17-5-3-7-21(13-17)42-41-35)9-11-23(25)28-27(34)29-24-12-10-20(16-26(24)40-2)33-31-18-6-4-8-22(14-18)43(36,37)38/h3-16,35H,1-2H3,(H2,28,29,34)(H,36,37,38). The first-order valence-electron chi connectivity index (χ1n) is 12.1. The van der Waals surface area contributed by atoms with Crippen LogP contribution in [-0.4, -0.2) is 38.5 Å². The van der Waals surface area contributed by atoms with Gasteiger partial charge in [0.15, 0.2) is 0 Å². The van der Waals surface area contributed by atoms with Gasteiger partial charge < -0.3 is 20.1 Å². The van der Waals surface area contributed by atoms with E-state index < -0.39 is 16.1 Å². The zero-order valence-corrected chi connectivity index (χ0v) is 24.2. The third kappa shape index (κ3) is 8.81. The number of ether oxygens (including phenoxy) is 2. The number of methoxy groups -OCH3 is 2. The van der Waals surface area contributed by atoms with Gasteiger partial charge in [-0.2, -0.15) is 33.2 Å². The van der Waals surface area contributed by atoms with Gasteiger partial charge in [0, 0.05) is 17.0 Å². The minimum absolute atomic E-state index is 0.207. The average Bonchev–Trinajstić information content (AvgIpc) is 3.00. The summed E-state index contributed by atoms with van der Waals surface area (Å²) in [6, 6.07) is 21.2. The number of azo groups is 2. The quantitative estimate of drug-likeness (QED) is 0.0421. The Morgan fingerprint density at radius 2 is 1.21 bits per heavy atom. The Kier molecular flexibility index (Phi) is 10.4. The molecule has 4 aromatic rings. The molecular formula is C27H24N6O8S2. The fourth-order valence-electron chi connectivity index (χ4n) is 3.54. The lowest BCUT2D eigenvalue weighted by molar-refractivity contribution is -0.116. The lowest BCUT2D eigenvalue weighted by Crippen LogP contribution is -2.20. The number of rotatable bonds is 11. The van der Waals surface area contributed by atoms with Crippen molar-refractivity contribution in [3.8, 4) is 11.5 Å². The minimum atomic E-state index is -4.38. The normalized spacial score (nSPS) is 11.5. The number of benzene rings is 4. The van der Waals surface area contributed by atoms with Crippen molar-refractivity contribution in [2.45, 2.75) is 9.79 Å². The van der Waals surface area contributed by atoms with Crippen molar-refractivity contribution in [3.63, 3.8) is 0 Å². The van der Waals surface area contributed by atoms with E-state index in [1.54, 1.807) is 54.6 Å². The first-order chi connectivity index (χ1) is 20.7. The lowest BCUT2D eigenvalue weighted by atomic mass is 10.2. The molecule has 0 atom stereocenters. The van der Waals surface area contributed by atoms with Crippen molar-refractivity contribution in [2.24, 2.45) is 20.5 Å². The van der Waals surface area contributed by atoms with E-state index in [4.69, 9.17) is 14.7 Å². The number of nitrogens with one attached hydrogen (secondary N) is 2. The third-order valence-corrected chi connectivity index (χ3v) is 6.87. The van der Waals surface area contributed by atoms with Crippen LogP contribution in [0.4, 0.5) is 38.9 Å². The summed E-state index contributed by atoms with van der Waals surface area (Å²) in [5, 5.41) is 30.4. The molecule has 0 aliphatic carbocycles. The van der Waals surface area contributed by atoms with E-state index in [-0.39, 0.29) is 16.3 Å². The molecule has 0 saturated heterocycles. The van der Waals surface area contributed by atoms with Gasteiger partial charge in [0.2, 0.25) is 0 Å². The van der Waals surface area contributed by atoms with Gasteiger partial charge in [-0.05, 0) is 60.7 Å². The summed E-state index contributed by atoms with van der Waals surface area (Å²) in [6.45, 7) is 0. The first-order valence-corrected chi connectivity index (χ1v) is 14.3.